The van der Waals surface area contributed by atoms with Crippen molar-refractivity contribution in [2.75, 3.05) is 6.54 Å². The highest BCUT2D eigenvalue weighted by atomic mass is 16.4. The first-order valence-corrected chi connectivity index (χ1v) is 10.8. The number of hydrogen-bond acceptors (Lipinski definition) is 3. The van der Waals surface area contributed by atoms with Crippen molar-refractivity contribution in [2.45, 2.75) is 69.5 Å². The van der Waals surface area contributed by atoms with Crippen LogP contribution < -0.4 is 0 Å². The third-order valence-corrected chi connectivity index (χ3v) is 7.26. The van der Waals surface area contributed by atoms with Crippen LogP contribution in [0.25, 0.3) is 11.3 Å². The molecule has 1 aromatic carbocycles. The molecular formula is C23H29N3O2. The Bertz CT molecular complexity index is 855. The van der Waals surface area contributed by atoms with Crippen LogP contribution >= 0.6 is 0 Å². The number of rotatable bonds is 5. The summed E-state index contributed by atoms with van der Waals surface area (Å²) >= 11 is 0. The van der Waals surface area contributed by atoms with E-state index in [-0.39, 0.29) is 12.1 Å². The lowest BCUT2D eigenvalue weighted by Crippen LogP contribution is -2.48. The number of aliphatic carboxylic acids is 1. The average molecular weight is 380 g/mol. The number of hydrogen-bond donors (Lipinski definition) is 1. The maximum absolute atomic E-state index is 11.9. The van der Waals surface area contributed by atoms with Crippen molar-refractivity contribution in [1.29, 1.82) is 0 Å². The van der Waals surface area contributed by atoms with Gasteiger partial charge in [0.05, 0.1) is 24.3 Å². The fraction of sp³-hybridized carbons (Fsp3) is 0.565. The molecule has 1 saturated heterocycles. The molecule has 0 radical (unpaired) electrons. The summed E-state index contributed by atoms with van der Waals surface area (Å²) < 4.78 is 2.31. The molecule has 5 rings (SSSR count). The smallest absolute Gasteiger partial charge is 0.320 e. The van der Waals surface area contributed by atoms with Gasteiger partial charge in [-0.3, -0.25) is 9.69 Å². The lowest BCUT2D eigenvalue weighted by Gasteiger charge is -2.40. The zero-order chi connectivity index (χ0) is 19.1. The van der Waals surface area contributed by atoms with E-state index in [1.54, 1.807) is 0 Å². The number of benzene rings is 1. The SMILES string of the molecule is O=C(O)[C@@H]1CCCN1C(CC1c2ccccc2-c2cncn21)C1CCCCC1. The number of aromatic nitrogens is 2. The summed E-state index contributed by atoms with van der Waals surface area (Å²) in [7, 11) is 0. The fourth-order valence-corrected chi connectivity index (χ4v) is 5.97. The maximum atomic E-state index is 11.9. The van der Waals surface area contributed by atoms with Gasteiger partial charge in [0.1, 0.15) is 6.04 Å². The van der Waals surface area contributed by atoms with Gasteiger partial charge in [-0.15, -0.1) is 0 Å². The van der Waals surface area contributed by atoms with Gasteiger partial charge in [0, 0.05) is 11.6 Å². The molecule has 3 aliphatic rings. The number of nitrogens with zero attached hydrogens (tertiary/aromatic N) is 3. The number of carboxylic acids is 1. The van der Waals surface area contributed by atoms with Gasteiger partial charge in [0.25, 0.3) is 0 Å². The number of carbonyl (C=O) groups is 1. The molecule has 148 valence electrons. The molecule has 2 aromatic rings. The topological polar surface area (TPSA) is 58.4 Å². The van der Waals surface area contributed by atoms with Crippen LogP contribution in [-0.2, 0) is 4.79 Å². The van der Waals surface area contributed by atoms with E-state index in [4.69, 9.17) is 0 Å². The van der Waals surface area contributed by atoms with E-state index in [2.05, 4.69) is 38.7 Å². The van der Waals surface area contributed by atoms with E-state index in [0.717, 1.165) is 25.8 Å². The summed E-state index contributed by atoms with van der Waals surface area (Å²) in [6.07, 6.45) is 13.0. The van der Waals surface area contributed by atoms with Gasteiger partial charge in [-0.1, -0.05) is 43.5 Å². The van der Waals surface area contributed by atoms with E-state index >= 15 is 0 Å². The molecule has 2 unspecified atom stereocenters. The molecule has 2 fully saturated rings. The Hall–Kier alpha value is -2.14. The van der Waals surface area contributed by atoms with E-state index in [1.807, 2.05) is 12.5 Å². The van der Waals surface area contributed by atoms with Crippen LogP contribution in [0, 0.1) is 5.92 Å². The summed E-state index contributed by atoms with van der Waals surface area (Å²) in [4.78, 5) is 18.7. The van der Waals surface area contributed by atoms with Crippen molar-refractivity contribution in [1.82, 2.24) is 14.5 Å². The van der Waals surface area contributed by atoms with E-state index in [0.29, 0.717) is 12.0 Å². The molecule has 1 N–H and O–H groups in total. The van der Waals surface area contributed by atoms with Crippen LogP contribution in [0.1, 0.15) is 63.0 Å². The van der Waals surface area contributed by atoms with Gasteiger partial charge in [-0.05, 0) is 50.1 Å². The molecule has 0 amide bonds. The van der Waals surface area contributed by atoms with Crippen LogP contribution in [0.2, 0.25) is 0 Å². The molecule has 2 aliphatic heterocycles. The minimum Gasteiger partial charge on any atom is -0.480 e. The second-order valence-electron chi connectivity index (χ2n) is 8.72. The Balaban J connectivity index is 1.49. The molecule has 0 bridgehead atoms. The molecule has 5 heteroatoms. The molecule has 28 heavy (non-hydrogen) atoms. The Kier molecular flexibility index (Phi) is 4.71. The van der Waals surface area contributed by atoms with Crippen molar-refractivity contribution in [3.05, 3.63) is 42.4 Å². The van der Waals surface area contributed by atoms with Crippen LogP contribution in [0.3, 0.4) is 0 Å². The molecule has 1 aromatic heterocycles. The van der Waals surface area contributed by atoms with Crippen molar-refractivity contribution in [2.24, 2.45) is 5.92 Å². The van der Waals surface area contributed by atoms with Crippen molar-refractivity contribution in [3.63, 3.8) is 0 Å². The van der Waals surface area contributed by atoms with Crippen LogP contribution in [0.15, 0.2) is 36.8 Å². The fourth-order valence-electron chi connectivity index (χ4n) is 5.97. The number of carboxylic acid groups (broad SMARTS) is 1. The first-order valence-electron chi connectivity index (χ1n) is 10.8. The predicted octanol–water partition coefficient (Wildman–Crippen LogP) is 4.34. The quantitative estimate of drug-likeness (QED) is 0.839. The molecular weight excluding hydrogens is 350 g/mol. The van der Waals surface area contributed by atoms with Crippen LogP contribution in [0.4, 0.5) is 0 Å². The van der Waals surface area contributed by atoms with Gasteiger partial charge < -0.3 is 9.67 Å². The summed E-state index contributed by atoms with van der Waals surface area (Å²) in [5.41, 5.74) is 3.84. The largest absolute Gasteiger partial charge is 0.480 e. The molecule has 1 saturated carbocycles. The highest BCUT2D eigenvalue weighted by Gasteiger charge is 2.41. The zero-order valence-electron chi connectivity index (χ0n) is 16.3. The van der Waals surface area contributed by atoms with E-state index in [1.165, 1.54) is 48.9 Å². The minimum atomic E-state index is -0.645. The Morgan fingerprint density at radius 1 is 1.14 bits per heavy atom. The number of likely N-dealkylation sites (tertiary alicyclic amines) is 1. The molecule has 5 nitrogen and oxygen atoms in total. The Labute approximate surface area is 166 Å². The first kappa shape index (κ1) is 17.9. The standard InChI is InChI=1S/C23H29N3O2/c27-23(28)19-11-6-12-25(19)20(16-7-2-1-3-8-16)13-21-17-9-4-5-10-18(17)22-14-24-15-26(21)22/h4-5,9-10,14-16,19-21H,1-3,6-8,11-13H2,(H,27,28)/t19-,20?,21?/m0/s1. The summed E-state index contributed by atoms with van der Waals surface area (Å²) in [6, 6.07) is 8.92. The van der Waals surface area contributed by atoms with Gasteiger partial charge in [0.15, 0.2) is 0 Å². The summed E-state index contributed by atoms with van der Waals surface area (Å²) in [5.74, 6) is -0.0399. The normalized spacial score (nSPS) is 26.1. The number of fused-ring (bicyclic) bond motifs is 3. The average Bonchev–Trinajstić information content (AvgIpc) is 3.44. The monoisotopic (exact) mass is 379 g/mol. The lowest BCUT2D eigenvalue weighted by atomic mass is 9.79. The van der Waals surface area contributed by atoms with Gasteiger partial charge >= 0.3 is 5.97 Å². The highest BCUT2D eigenvalue weighted by molar-refractivity contribution is 5.74. The van der Waals surface area contributed by atoms with Crippen molar-refractivity contribution < 1.29 is 9.90 Å². The molecule has 3 atom stereocenters. The minimum absolute atomic E-state index is 0.260. The second-order valence-corrected chi connectivity index (χ2v) is 8.72. The van der Waals surface area contributed by atoms with Gasteiger partial charge in [-0.2, -0.15) is 0 Å². The lowest BCUT2D eigenvalue weighted by molar-refractivity contribution is -0.143. The summed E-state index contributed by atoms with van der Waals surface area (Å²) in [5, 5.41) is 9.82. The summed E-state index contributed by atoms with van der Waals surface area (Å²) in [6.45, 7) is 0.920. The third kappa shape index (κ3) is 2.96. The molecule has 1 aliphatic carbocycles. The van der Waals surface area contributed by atoms with Crippen LogP contribution in [-0.4, -0.2) is 44.2 Å². The molecule has 3 heterocycles. The predicted molar refractivity (Wildman–Crippen MR) is 108 cm³/mol. The van der Waals surface area contributed by atoms with Gasteiger partial charge in [0.2, 0.25) is 0 Å². The van der Waals surface area contributed by atoms with E-state index < -0.39 is 5.97 Å². The Morgan fingerprint density at radius 2 is 1.96 bits per heavy atom. The first-order chi connectivity index (χ1) is 13.7. The van der Waals surface area contributed by atoms with E-state index in [9.17, 15) is 9.90 Å². The zero-order valence-corrected chi connectivity index (χ0v) is 16.3. The number of imidazole rings is 1. The third-order valence-electron chi connectivity index (χ3n) is 7.26. The van der Waals surface area contributed by atoms with Crippen molar-refractivity contribution in [3.8, 4) is 11.3 Å². The second kappa shape index (κ2) is 7.36. The molecule has 0 spiro atoms. The van der Waals surface area contributed by atoms with Gasteiger partial charge in [-0.25, -0.2) is 4.98 Å². The van der Waals surface area contributed by atoms with Crippen molar-refractivity contribution >= 4 is 5.97 Å². The maximum Gasteiger partial charge on any atom is 0.320 e. The highest BCUT2D eigenvalue weighted by Crippen LogP contribution is 2.44. The Morgan fingerprint density at radius 3 is 2.79 bits per heavy atom. The van der Waals surface area contributed by atoms with Crippen LogP contribution in [0.5, 0.6) is 0 Å².